The van der Waals surface area contributed by atoms with Gasteiger partial charge in [-0.05, 0) is 18.9 Å². The average molecular weight is 295 g/mol. The molecule has 0 aliphatic heterocycles. The van der Waals surface area contributed by atoms with Crippen molar-refractivity contribution in [2.45, 2.75) is 36.9 Å². The lowest BCUT2D eigenvalue weighted by Crippen LogP contribution is -2.22. The minimum atomic E-state index is -3.49. The molecule has 0 spiro atoms. The van der Waals surface area contributed by atoms with Gasteiger partial charge in [0.15, 0.2) is 0 Å². The van der Waals surface area contributed by atoms with Crippen molar-refractivity contribution in [3.05, 3.63) is 35.9 Å². The fraction of sp³-hybridized carbons (Fsp3) is 0.417. The SMILES string of the molecule is O=S(=O)(NCc1cn[nH]c1)c1c[nH]c(CNC2CC2)c1. The Kier molecular flexibility index (Phi) is 3.60. The Morgan fingerprint density at radius 3 is 2.85 bits per heavy atom. The summed E-state index contributed by atoms with van der Waals surface area (Å²) in [7, 11) is -3.49. The first-order chi connectivity index (χ1) is 9.63. The summed E-state index contributed by atoms with van der Waals surface area (Å²) in [4.78, 5) is 3.25. The van der Waals surface area contributed by atoms with Crippen molar-refractivity contribution in [1.29, 1.82) is 0 Å². The highest BCUT2D eigenvalue weighted by Gasteiger charge is 2.21. The Bertz CT molecular complexity index is 658. The third kappa shape index (κ3) is 3.27. The first-order valence-corrected chi connectivity index (χ1v) is 8.00. The van der Waals surface area contributed by atoms with Gasteiger partial charge < -0.3 is 10.3 Å². The Hall–Kier alpha value is -1.64. The Morgan fingerprint density at radius 2 is 2.15 bits per heavy atom. The lowest BCUT2D eigenvalue weighted by atomic mass is 10.4. The lowest BCUT2D eigenvalue weighted by molar-refractivity contribution is 0.581. The molecule has 0 bridgehead atoms. The van der Waals surface area contributed by atoms with Crippen LogP contribution in [0.15, 0.2) is 29.6 Å². The van der Waals surface area contributed by atoms with Crippen molar-refractivity contribution >= 4 is 10.0 Å². The van der Waals surface area contributed by atoms with Crippen LogP contribution in [0.3, 0.4) is 0 Å². The zero-order chi connectivity index (χ0) is 14.0. The van der Waals surface area contributed by atoms with E-state index in [0.717, 1.165) is 11.3 Å². The minimum absolute atomic E-state index is 0.222. The summed E-state index contributed by atoms with van der Waals surface area (Å²) >= 11 is 0. The molecular formula is C12H17N5O2S. The topological polar surface area (TPSA) is 103 Å². The van der Waals surface area contributed by atoms with E-state index in [-0.39, 0.29) is 11.4 Å². The van der Waals surface area contributed by atoms with E-state index in [4.69, 9.17) is 0 Å². The van der Waals surface area contributed by atoms with Crippen LogP contribution in [0.4, 0.5) is 0 Å². The van der Waals surface area contributed by atoms with Crippen molar-refractivity contribution in [3.8, 4) is 0 Å². The van der Waals surface area contributed by atoms with Crippen molar-refractivity contribution < 1.29 is 8.42 Å². The third-order valence-corrected chi connectivity index (χ3v) is 4.59. The van der Waals surface area contributed by atoms with Crippen LogP contribution in [-0.2, 0) is 23.1 Å². The summed E-state index contributed by atoms with van der Waals surface area (Å²) in [6.45, 7) is 0.890. The fourth-order valence-corrected chi connectivity index (χ4v) is 2.89. The van der Waals surface area contributed by atoms with E-state index in [2.05, 4.69) is 25.2 Å². The molecular weight excluding hydrogens is 278 g/mol. The molecule has 1 fully saturated rings. The molecule has 0 amide bonds. The maximum atomic E-state index is 12.1. The van der Waals surface area contributed by atoms with Gasteiger partial charge in [-0.1, -0.05) is 0 Å². The van der Waals surface area contributed by atoms with Crippen LogP contribution in [-0.4, -0.2) is 29.6 Å². The molecule has 4 N–H and O–H groups in total. The molecule has 2 heterocycles. The first-order valence-electron chi connectivity index (χ1n) is 6.51. The number of nitrogens with one attached hydrogen (secondary N) is 4. The van der Waals surface area contributed by atoms with Crippen LogP contribution in [0.5, 0.6) is 0 Å². The Labute approximate surface area is 117 Å². The minimum Gasteiger partial charge on any atom is -0.363 e. The molecule has 1 aliphatic carbocycles. The standard InChI is InChI=1S/C12H17N5O2S/c18-20(19,17-6-9-4-15-16-5-9)12-3-11(14-8-12)7-13-10-1-2-10/h3-5,8,10,13-14,17H,1-2,6-7H2,(H,15,16). The van der Waals surface area contributed by atoms with Gasteiger partial charge in [-0.2, -0.15) is 5.10 Å². The second-order valence-corrected chi connectivity index (χ2v) is 6.71. The molecule has 108 valence electrons. The predicted molar refractivity (Wildman–Crippen MR) is 73.3 cm³/mol. The van der Waals surface area contributed by atoms with Crippen molar-refractivity contribution in [2.75, 3.05) is 0 Å². The highest BCUT2D eigenvalue weighted by atomic mass is 32.2. The molecule has 1 saturated carbocycles. The van der Waals surface area contributed by atoms with Gasteiger partial charge in [0.2, 0.25) is 10.0 Å². The summed E-state index contributed by atoms with van der Waals surface area (Å²) < 4.78 is 26.8. The first kappa shape index (κ1) is 13.3. The van der Waals surface area contributed by atoms with Crippen LogP contribution >= 0.6 is 0 Å². The number of sulfonamides is 1. The highest BCUT2D eigenvalue weighted by Crippen LogP contribution is 2.19. The van der Waals surface area contributed by atoms with Crippen LogP contribution in [0.1, 0.15) is 24.1 Å². The van der Waals surface area contributed by atoms with E-state index in [1.807, 2.05) is 0 Å². The van der Waals surface area contributed by atoms with E-state index in [9.17, 15) is 8.42 Å². The molecule has 20 heavy (non-hydrogen) atoms. The number of H-pyrrole nitrogens is 2. The molecule has 3 rings (SSSR count). The maximum Gasteiger partial charge on any atom is 0.242 e. The molecule has 0 atom stereocenters. The van der Waals surface area contributed by atoms with Gasteiger partial charge in [-0.15, -0.1) is 0 Å². The molecule has 0 radical (unpaired) electrons. The van der Waals surface area contributed by atoms with Crippen LogP contribution < -0.4 is 10.0 Å². The third-order valence-electron chi connectivity index (χ3n) is 3.21. The van der Waals surface area contributed by atoms with E-state index < -0.39 is 10.0 Å². The van der Waals surface area contributed by atoms with Crippen molar-refractivity contribution in [3.63, 3.8) is 0 Å². The normalized spacial score (nSPS) is 15.6. The second-order valence-electron chi connectivity index (χ2n) is 4.95. The monoisotopic (exact) mass is 295 g/mol. The van der Waals surface area contributed by atoms with Crippen molar-refractivity contribution in [2.24, 2.45) is 0 Å². The van der Waals surface area contributed by atoms with Gasteiger partial charge in [0.25, 0.3) is 0 Å². The number of rotatable bonds is 7. The number of aromatic nitrogens is 3. The van der Waals surface area contributed by atoms with Gasteiger partial charge in [0.05, 0.1) is 11.1 Å². The summed E-state index contributed by atoms with van der Waals surface area (Å²) in [5.41, 5.74) is 1.67. The summed E-state index contributed by atoms with van der Waals surface area (Å²) in [5.74, 6) is 0. The molecule has 0 saturated heterocycles. The van der Waals surface area contributed by atoms with Gasteiger partial charge in [-0.25, -0.2) is 13.1 Å². The molecule has 2 aromatic heterocycles. The largest absolute Gasteiger partial charge is 0.363 e. The Morgan fingerprint density at radius 1 is 1.30 bits per heavy atom. The molecule has 1 aliphatic rings. The van der Waals surface area contributed by atoms with Crippen LogP contribution in [0.2, 0.25) is 0 Å². The van der Waals surface area contributed by atoms with Crippen LogP contribution in [0, 0.1) is 0 Å². The van der Waals surface area contributed by atoms with E-state index in [1.165, 1.54) is 19.0 Å². The number of hydrogen-bond donors (Lipinski definition) is 4. The lowest BCUT2D eigenvalue weighted by Gasteiger charge is -2.02. The maximum absolute atomic E-state index is 12.1. The average Bonchev–Trinajstić information content (AvgIpc) is 2.94. The highest BCUT2D eigenvalue weighted by molar-refractivity contribution is 7.89. The van der Waals surface area contributed by atoms with E-state index >= 15 is 0 Å². The number of aromatic amines is 2. The second kappa shape index (κ2) is 5.39. The summed E-state index contributed by atoms with van der Waals surface area (Å²) in [6.07, 6.45) is 7.17. The zero-order valence-electron chi connectivity index (χ0n) is 10.9. The zero-order valence-corrected chi connectivity index (χ0v) is 11.7. The number of nitrogens with zero attached hydrogens (tertiary/aromatic N) is 1. The van der Waals surface area contributed by atoms with Gasteiger partial charge in [-0.3, -0.25) is 5.10 Å². The van der Waals surface area contributed by atoms with Gasteiger partial charge in [0.1, 0.15) is 0 Å². The molecule has 2 aromatic rings. The Balaban J connectivity index is 1.61. The molecule has 7 nitrogen and oxygen atoms in total. The smallest absolute Gasteiger partial charge is 0.242 e. The summed E-state index contributed by atoms with van der Waals surface area (Å²) in [6, 6.07) is 2.25. The fourth-order valence-electron chi connectivity index (χ4n) is 1.85. The number of hydrogen-bond acceptors (Lipinski definition) is 4. The van der Waals surface area contributed by atoms with Gasteiger partial charge >= 0.3 is 0 Å². The molecule has 8 heteroatoms. The van der Waals surface area contributed by atoms with E-state index in [1.54, 1.807) is 18.5 Å². The predicted octanol–water partition coefficient (Wildman–Crippen LogP) is 0.468. The van der Waals surface area contributed by atoms with Crippen molar-refractivity contribution in [1.82, 2.24) is 25.2 Å². The molecule has 0 unspecified atom stereocenters. The van der Waals surface area contributed by atoms with Crippen LogP contribution in [0.25, 0.3) is 0 Å². The molecule has 0 aromatic carbocycles. The quantitative estimate of drug-likeness (QED) is 0.596. The van der Waals surface area contributed by atoms with Gasteiger partial charge in [0, 0.05) is 42.8 Å². The summed E-state index contributed by atoms with van der Waals surface area (Å²) in [5, 5.41) is 9.75. The van der Waals surface area contributed by atoms with E-state index in [0.29, 0.717) is 12.6 Å².